The van der Waals surface area contributed by atoms with Crippen molar-refractivity contribution in [1.29, 1.82) is 0 Å². The number of aliphatic imine (C=N–C) groups is 1. The molecule has 0 atom stereocenters. The Morgan fingerprint density at radius 1 is 1.20 bits per heavy atom. The number of amides is 1. The quantitative estimate of drug-likeness (QED) is 0.343. The highest BCUT2D eigenvalue weighted by Crippen LogP contribution is 2.16. The standard InChI is InChI=1S/C17H23N5OS.HI/c1-4-18-17(19-10-15-12(2)21-13(3)24-15)20-11-16(23)22-14-8-6-5-7-9-14;/h5-9H,4,10-11H2,1-3H3,(H,22,23)(H2,18,19,20);1H. The topological polar surface area (TPSA) is 78.4 Å². The molecule has 0 radical (unpaired) electrons. The summed E-state index contributed by atoms with van der Waals surface area (Å²) < 4.78 is 0. The molecule has 0 saturated heterocycles. The number of para-hydroxylation sites is 1. The maximum Gasteiger partial charge on any atom is 0.246 e. The van der Waals surface area contributed by atoms with Crippen LogP contribution in [0.5, 0.6) is 0 Å². The molecule has 6 nitrogen and oxygen atoms in total. The fraction of sp³-hybridized carbons (Fsp3) is 0.353. The summed E-state index contributed by atoms with van der Waals surface area (Å²) in [5, 5.41) is 10.2. The maximum absolute atomic E-state index is 12.0. The zero-order chi connectivity index (χ0) is 17.4. The third kappa shape index (κ3) is 7.39. The number of carbonyl (C=O) groups is 1. The number of hydrogen-bond donors (Lipinski definition) is 3. The van der Waals surface area contributed by atoms with Gasteiger partial charge in [0.15, 0.2) is 5.96 Å². The van der Waals surface area contributed by atoms with Crippen LogP contribution in [0.4, 0.5) is 5.69 Å². The van der Waals surface area contributed by atoms with Crippen LogP contribution >= 0.6 is 35.3 Å². The van der Waals surface area contributed by atoms with E-state index >= 15 is 0 Å². The highest BCUT2D eigenvalue weighted by Gasteiger charge is 2.07. The third-order valence-corrected chi connectivity index (χ3v) is 4.27. The van der Waals surface area contributed by atoms with E-state index < -0.39 is 0 Å². The predicted octanol–water partition coefficient (Wildman–Crippen LogP) is 3.07. The van der Waals surface area contributed by atoms with Gasteiger partial charge in [0.05, 0.1) is 17.2 Å². The Morgan fingerprint density at radius 3 is 2.52 bits per heavy atom. The van der Waals surface area contributed by atoms with Gasteiger partial charge in [-0.05, 0) is 32.9 Å². The molecule has 0 fully saturated rings. The fourth-order valence-corrected chi connectivity index (χ4v) is 2.99. The highest BCUT2D eigenvalue weighted by atomic mass is 127. The fourth-order valence-electron chi connectivity index (χ4n) is 2.12. The van der Waals surface area contributed by atoms with Crippen LogP contribution < -0.4 is 16.0 Å². The molecule has 0 unspecified atom stereocenters. The molecule has 0 bridgehead atoms. The van der Waals surface area contributed by atoms with Crippen LogP contribution in [0, 0.1) is 13.8 Å². The summed E-state index contributed by atoms with van der Waals surface area (Å²) in [7, 11) is 0. The lowest BCUT2D eigenvalue weighted by Gasteiger charge is -2.11. The number of halogens is 1. The Labute approximate surface area is 169 Å². The lowest BCUT2D eigenvalue weighted by Crippen LogP contribution is -2.37. The first-order valence-electron chi connectivity index (χ1n) is 7.88. The number of hydrogen-bond acceptors (Lipinski definition) is 4. The van der Waals surface area contributed by atoms with Gasteiger partial charge in [-0.1, -0.05) is 18.2 Å². The normalized spacial score (nSPS) is 10.8. The molecular weight excluding hydrogens is 449 g/mol. The van der Waals surface area contributed by atoms with Gasteiger partial charge in [-0.3, -0.25) is 4.79 Å². The van der Waals surface area contributed by atoms with Crippen LogP contribution in [0.2, 0.25) is 0 Å². The van der Waals surface area contributed by atoms with Crippen molar-refractivity contribution < 1.29 is 4.79 Å². The van der Waals surface area contributed by atoms with Gasteiger partial charge >= 0.3 is 0 Å². The van der Waals surface area contributed by atoms with Gasteiger partial charge in [0.1, 0.15) is 6.54 Å². The van der Waals surface area contributed by atoms with E-state index in [2.05, 4.69) is 25.9 Å². The van der Waals surface area contributed by atoms with Crippen LogP contribution in [0.3, 0.4) is 0 Å². The SMILES string of the molecule is CCNC(=NCC(=O)Nc1ccccc1)NCc1sc(C)nc1C.I. The van der Waals surface area contributed by atoms with E-state index in [1.54, 1.807) is 11.3 Å². The number of nitrogens with zero attached hydrogens (tertiary/aromatic N) is 2. The first kappa shape index (κ1) is 21.4. The number of nitrogens with one attached hydrogen (secondary N) is 3. The molecule has 0 aliphatic rings. The van der Waals surface area contributed by atoms with Crippen LogP contribution in [-0.2, 0) is 11.3 Å². The number of benzene rings is 1. The Hall–Kier alpha value is -1.68. The van der Waals surface area contributed by atoms with E-state index in [0.717, 1.165) is 22.9 Å². The van der Waals surface area contributed by atoms with E-state index in [1.165, 1.54) is 4.88 Å². The smallest absolute Gasteiger partial charge is 0.246 e. The van der Waals surface area contributed by atoms with E-state index in [1.807, 2.05) is 51.1 Å². The van der Waals surface area contributed by atoms with Gasteiger partial charge in [-0.15, -0.1) is 35.3 Å². The van der Waals surface area contributed by atoms with Gasteiger partial charge in [0.25, 0.3) is 0 Å². The molecule has 3 N–H and O–H groups in total. The molecule has 8 heteroatoms. The number of guanidine groups is 1. The second-order valence-electron chi connectivity index (χ2n) is 5.20. The largest absolute Gasteiger partial charge is 0.357 e. The summed E-state index contributed by atoms with van der Waals surface area (Å²) in [6.07, 6.45) is 0. The summed E-state index contributed by atoms with van der Waals surface area (Å²) in [4.78, 5) is 21.9. The van der Waals surface area contributed by atoms with Crippen molar-refractivity contribution in [2.24, 2.45) is 4.99 Å². The zero-order valence-corrected chi connectivity index (χ0v) is 17.8. The lowest BCUT2D eigenvalue weighted by atomic mass is 10.3. The first-order valence-corrected chi connectivity index (χ1v) is 8.70. The van der Waals surface area contributed by atoms with Crippen molar-refractivity contribution in [3.63, 3.8) is 0 Å². The Kier molecular flexibility index (Phi) is 9.43. The molecular formula is C17H24IN5OS. The molecule has 0 saturated carbocycles. The zero-order valence-electron chi connectivity index (χ0n) is 14.6. The number of anilines is 1. The third-order valence-electron chi connectivity index (χ3n) is 3.20. The molecule has 0 spiro atoms. The molecule has 1 amide bonds. The Balaban J connectivity index is 0.00000312. The molecule has 1 heterocycles. The summed E-state index contributed by atoms with van der Waals surface area (Å²) in [5.41, 5.74) is 1.80. The molecule has 25 heavy (non-hydrogen) atoms. The van der Waals surface area contributed by atoms with Gasteiger partial charge in [0, 0.05) is 17.1 Å². The summed E-state index contributed by atoms with van der Waals surface area (Å²) in [6, 6.07) is 9.36. The minimum atomic E-state index is -0.150. The molecule has 1 aromatic heterocycles. The van der Waals surface area contributed by atoms with Gasteiger partial charge in [0.2, 0.25) is 5.91 Å². The first-order chi connectivity index (χ1) is 11.6. The average molecular weight is 473 g/mol. The predicted molar refractivity (Wildman–Crippen MR) is 115 cm³/mol. The maximum atomic E-state index is 12.0. The lowest BCUT2D eigenvalue weighted by molar-refractivity contribution is -0.114. The highest BCUT2D eigenvalue weighted by molar-refractivity contribution is 14.0. The summed E-state index contributed by atoms with van der Waals surface area (Å²) >= 11 is 1.66. The molecule has 136 valence electrons. The minimum absolute atomic E-state index is 0. The van der Waals surface area contributed by atoms with E-state index in [-0.39, 0.29) is 36.4 Å². The van der Waals surface area contributed by atoms with Crippen molar-refractivity contribution >= 4 is 52.9 Å². The molecule has 1 aromatic carbocycles. The van der Waals surface area contributed by atoms with Gasteiger partial charge < -0.3 is 16.0 Å². The number of rotatable bonds is 6. The summed E-state index contributed by atoms with van der Waals surface area (Å²) in [6.45, 7) is 7.41. The minimum Gasteiger partial charge on any atom is -0.357 e. The number of carbonyl (C=O) groups excluding carboxylic acids is 1. The van der Waals surface area contributed by atoms with Gasteiger partial charge in [-0.2, -0.15) is 0 Å². The molecule has 2 aromatic rings. The van der Waals surface area contributed by atoms with Crippen LogP contribution in [0.1, 0.15) is 22.5 Å². The number of aryl methyl sites for hydroxylation is 2. The number of thiazole rings is 1. The van der Waals surface area contributed by atoms with Crippen LogP contribution in [0.25, 0.3) is 0 Å². The van der Waals surface area contributed by atoms with Crippen molar-refractivity contribution in [2.75, 3.05) is 18.4 Å². The summed E-state index contributed by atoms with van der Waals surface area (Å²) in [5.74, 6) is 0.467. The van der Waals surface area contributed by atoms with Gasteiger partial charge in [-0.25, -0.2) is 9.98 Å². The number of aromatic nitrogens is 1. The monoisotopic (exact) mass is 473 g/mol. The van der Waals surface area contributed by atoms with Crippen molar-refractivity contribution in [3.05, 3.63) is 45.9 Å². The van der Waals surface area contributed by atoms with Crippen LogP contribution in [-0.4, -0.2) is 29.9 Å². The molecule has 2 rings (SSSR count). The van der Waals surface area contributed by atoms with E-state index in [0.29, 0.717) is 12.5 Å². The Bertz CT molecular complexity index is 702. The van der Waals surface area contributed by atoms with Crippen LogP contribution in [0.15, 0.2) is 35.3 Å². The average Bonchev–Trinajstić information content (AvgIpc) is 2.88. The second-order valence-corrected chi connectivity index (χ2v) is 6.49. The van der Waals surface area contributed by atoms with E-state index in [4.69, 9.17) is 0 Å². The second kappa shape index (κ2) is 11.0. The van der Waals surface area contributed by atoms with Crippen molar-refractivity contribution in [3.8, 4) is 0 Å². The molecule has 0 aliphatic heterocycles. The van der Waals surface area contributed by atoms with Crippen molar-refractivity contribution in [1.82, 2.24) is 15.6 Å². The van der Waals surface area contributed by atoms with Crippen molar-refractivity contribution in [2.45, 2.75) is 27.3 Å². The van der Waals surface area contributed by atoms with E-state index in [9.17, 15) is 4.79 Å². The Morgan fingerprint density at radius 2 is 1.92 bits per heavy atom. The molecule has 0 aliphatic carbocycles.